The molecule has 2 N–H and O–H groups in total. The first kappa shape index (κ1) is 17.0. The highest BCUT2D eigenvalue weighted by atomic mass is 19.1. The van der Waals surface area contributed by atoms with E-state index in [1.807, 2.05) is 0 Å². The molecule has 0 amide bonds. The van der Waals surface area contributed by atoms with E-state index in [1.165, 1.54) is 6.07 Å². The number of rotatable bonds is 6. The van der Waals surface area contributed by atoms with Crippen LogP contribution in [-0.2, 0) is 0 Å². The highest BCUT2D eigenvalue weighted by molar-refractivity contribution is 5.60. The topological polar surface area (TPSA) is 95.5 Å². The van der Waals surface area contributed by atoms with Crippen LogP contribution in [-0.4, -0.2) is 51.6 Å². The van der Waals surface area contributed by atoms with Crippen molar-refractivity contribution in [1.29, 1.82) is 0 Å². The van der Waals surface area contributed by atoms with E-state index < -0.39 is 11.9 Å². The third-order valence-corrected chi connectivity index (χ3v) is 3.62. The van der Waals surface area contributed by atoms with Gasteiger partial charge in [-0.15, -0.1) is 0 Å². The van der Waals surface area contributed by atoms with E-state index in [9.17, 15) is 9.50 Å². The maximum absolute atomic E-state index is 13.8. The molecule has 0 aliphatic heterocycles. The first-order valence-corrected chi connectivity index (χ1v) is 7.63. The molecular formula is C17H17FN4O3. The van der Waals surface area contributed by atoms with Gasteiger partial charge in [0.1, 0.15) is 11.6 Å². The van der Waals surface area contributed by atoms with Gasteiger partial charge in [-0.05, 0) is 24.3 Å². The number of hydrogen-bond donors (Lipinski definition) is 2. The van der Waals surface area contributed by atoms with Crippen LogP contribution in [0.25, 0.3) is 22.8 Å². The maximum atomic E-state index is 13.8. The molecule has 7 nitrogen and oxygen atoms in total. The van der Waals surface area contributed by atoms with Crippen LogP contribution in [0.3, 0.4) is 0 Å². The van der Waals surface area contributed by atoms with Crippen LogP contribution in [0, 0.1) is 5.82 Å². The second-order valence-corrected chi connectivity index (χ2v) is 5.52. The van der Waals surface area contributed by atoms with Crippen molar-refractivity contribution in [3.8, 4) is 22.8 Å². The minimum atomic E-state index is -0.842. The smallest absolute Gasteiger partial charge is 0.259 e. The van der Waals surface area contributed by atoms with Crippen molar-refractivity contribution in [1.82, 2.24) is 15.1 Å². The van der Waals surface area contributed by atoms with Crippen molar-refractivity contribution >= 4 is 5.82 Å². The predicted octanol–water partition coefficient (Wildman–Crippen LogP) is 1.73. The van der Waals surface area contributed by atoms with Crippen LogP contribution in [0.2, 0.25) is 0 Å². The molecule has 3 aromatic rings. The quantitative estimate of drug-likeness (QED) is 0.703. The standard InChI is InChI=1S/C17H17FN4O3/c1-22(9-12(24)10-23)15-7-6-11(8-19-15)17-20-16(21-25-17)13-4-2-3-5-14(13)18/h2-8,12,23-24H,9-10H2,1H3/t12-/m1/s1. The summed E-state index contributed by atoms with van der Waals surface area (Å²) in [5, 5.41) is 22.2. The summed E-state index contributed by atoms with van der Waals surface area (Å²) < 4.78 is 19.0. The van der Waals surface area contributed by atoms with Gasteiger partial charge in [-0.2, -0.15) is 4.98 Å². The average Bonchev–Trinajstić information content (AvgIpc) is 3.12. The average molecular weight is 344 g/mol. The molecule has 2 heterocycles. The summed E-state index contributed by atoms with van der Waals surface area (Å²) in [6.07, 6.45) is 0.709. The van der Waals surface area contributed by atoms with Gasteiger partial charge in [0.15, 0.2) is 0 Å². The maximum Gasteiger partial charge on any atom is 0.259 e. The molecular weight excluding hydrogens is 327 g/mol. The Hall–Kier alpha value is -2.84. The minimum Gasteiger partial charge on any atom is -0.394 e. The SMILES string of the molecule is CN(C[C@@H](O)CO)c1ccc(-c2nc(-c3ccccc3F)no2)cn1. The van der Waals surface area contributed by atoms with Gasteiger partial charge in [0, 0.05) is 19.8 Å². The minimum absolute atomic E-state index is 0.167. The van der Waals surface area contributed by atoms with Gasteiger partial charge in [-0.3, -0.25) is 0 Å². The molecule has 8 heteroatoms. The molecule has 1 aromatic carbocycles. The van der Waals surface area contributed by atoms with Crippen LogP contribution in [0.5, 0.6) is 0 Å². The summed E-state index contributed by atoms with van der Waals surface area (Å²) in [6.45, 7) is -0.0654. The van der Waals surface area contributed by atoms with Gasteiger partial charge < -0.3 is 19.6 Å². The van der Waals surface area contributed by atoms with Crippen LogP contribution in [0.15, 0.2) is 47.1 Å². The van der Waals surface area contributed by atoms with E-state index in [2.05, 4.69) is 15.1 Å². The first-order valence-electron chi connectivity index (χ1n) is 7.63. The molecule has 0 unspecified atom stereocenters. The Morgan fingerprint density at radius 3 is 2.72 bits per heavy atom. The number of likely N-dealkylation sites (N-methyl/N-ethyl adjacent to an activating group) is 1. The molecule has 130 valence electrons. The van der Waals surface area contributed by atoms with Crippen LogP contribution in [0.1, 0.15) is 0 Å². The lowest BCUT2D eigenvalue weighted by Gasteiger charge is -2.20. The zero-order valence-corrected chi connectivity index (χ0v) is 13.5. The monoisotopic (exact) mass is 344 g/mol. The van der Waals surface area contributed by atoms with E-state index in [0.717, 1.165) is 0 Å². The number of hydrogen-bond acceptors (Lipinski definition) is 7. The molecule has 0 aliphatic rings. The van der Waals surface area contributed by atoms with Gasteiger partial charge in [0.25, 0.3) is 5.89 Å². The summed E-state index contributed by atoms with van der Waals surface area (Å²) >= 11 is 0. The lowest BCUT2D eigenvalue weighted by atomic mass is 10.2. The van der Waals surface area contributed by atoms with Gasteiger partial charge in [0.05, 0.1) is 23.8 Å². The first-order chi connectivity index (χ1) is 12.1. The van der Waals surface area contributed by atoms with Crippen molar-refractivity contribution in [2.45, 2.75) is 6.10 Å². The molecule has 0 radical (unpaired) electrons. The molecule has 2 aromatic heterocycles. The highest BCUT2D eigenvalue weighted by Crippen LogP contribution is 2.24. The van der Waals surface area contributed by atoms with Crippen molar-refractivity contribution in [3.05, 3.63) is 48.4 Å². The summed E-state index contributed by atoms with van der Waals surface area (Å²) in [6, 6.07) is 9.66. The van der Waals surface area contributed by atoms with Crippen LogP contribution < -0.4 is 4.90 Å². The van der Waals surface area contributed by atoms with Gasteiger partial charge in [-0.1, -0.05) is 17.3 Å². The Bertz CT molecular complexity index is 838. The number of pyridine rings is 1. The normalized spacial score (nSPS) is 12.2. The van der Waals surface area contributed by atoms with E-state index in [4.69, 9.17) is 9.63 Å². The number of aliphatic hydroxyl groups is 2. The van der Waals surface area contributed by atoms with E-state index >= 15 is 0 Å². The molecule has 0 spiro atoms. The number of benzene rings is 1. The Kier molecular flexibility index (Phi) is 5.01. The highest BCUT2D eigenvalue weighted by Gasteiger charge is 2.15. The molecule has 0 aliphatic carbocycles. The fourth-order valence-corrected chi connectivity index (χ4v) is 2.30. The lowest BCUT2D eigenvalue weighted by molar-refractivity contribution is 0.101. The summed E-state index contributed by atoms with van der Waals surface area (Å²) in [4.78, 5) is 10.2. The van der Waals surface area contributed by atoms with Gasteiger partial charge in [0.2, 0.25) is 5.82 Å². The zero-order chi connectivity index (χ0) is 17.8. The van der Waals surface area contributed by atoms with Crippen LogP contribution in [0.4, 0.5) is 10.2 Å². The fraction of sp³-hybridized carbons (Fsp3) is 0.235. The molecule has 0 bridgehead atoms. The molecule has 0 fully saturated rings. The molecule has 0 saturated heterocycles. The largest absolute Gasteiger partial charge is 0.394 e. The molecule has 3 rings (SSSR count). The summed E-state index contributed by atoms with van der Waals surface area (Å²) in [5.74, 6) is 0.591. The third-order valence-electron chi connectivity index (χ3n) is 3.62. The second kappa shape index (κ2) is 7.37. The number of anilines is 1. The lowest BCUT2D eigenvalue weighted by Crippen LogP contribution is -2.31. The summed E-state index contributed by atoms with van der Waals surface area (Å²) in [7, 11) is 1.75. The Morgan fingerprint density at radius 1 is 1.24 bits per heavy atom. The molecule has 0 saturated carbocycles. The molecule has 1 atom stereocenters. The zero-order valence-electron chi connectivity index (χ0n) is 13.5. The Morgan fingerprint density at radius 2 is 2.04 bits per heavy atom. The molecule has 25 heavy (non-hydrogen) atoms. The van der Waals surface area contributed by atoms with E-state index in [1.54, 1.807) is 48.5 Å². The number of halogens is 1. The number of aliphatic hydroxyl groups excluding tert-OH is 2. The number of aromatic nitrogens is 3. The predicted molar refractivity (Wildman–Crippen MR) is 89.3 cm³/mol. The second-order valence-electron chi connectivity index (χ2n) is 5.52. The third kappa shape index (κ3) is 3.81. The van der Waals surface area contributed by atoms with E-state index in [-0.39, 0.29) is 30.4 Å². The van der Waals surface area contributed by atoms with Gasteiger partial charge in [-0.25, -0.2) is 9.37 Å². The van der Waals surface area contributed by atoms with Gasteiger partial charge >= 0.3 is 0 Å². The number of nitrogens with zero attached hydrogens (tertiary/aromatic N) is 4. The van der Waals surface area contributed by atoms with E-state index in [0.29, 0.717) is 11.4 Å². The Labute approximate surface area is 143 Å². The van der Waals surface area contributed by atoms with Crippen molar-refractivity contribution < 1.29 is 19.1 Å². The van der Waals surface area contributed by atoms with Crippen LogP contribution >= 0.6 is 0 Å². The van der Waals surface area contributed by atoms with Crippen molar-refractivity contribution in [2.24, 2.45) is 0 Å². The fourth-order valence-electron chi connectivity index (χ4n) is 2.30. The Balaban J connectivity index is 1.78. The van der Waals surface area contributed by atoms with Crippen molar-refractivity contribution in [2.75, 3.05) is 25.1 Å². The van der Waals surface area contributed by atoms with Crippen molar-refractivity contribution in [3.63, 3.8) is 0 Å². The summed E-state index contributed by atoms with van der Waals surface area (Å²) in [5.41, 5.74) is 0.856.